The molecule has 1 aromatic heterocycles. The molecule has 130 valence electrons. The first kappa shape index (κ1) is 17.8. The molecule has 2 rings (SSSR count). The molecule has 1 aromatic carbocycles. The van der Waals surface area contributed by atoms with E-state index in [1.54, 1.807) is 0 Å². The van der Waals surface area contributed by atoms with Crippen LogP contribution in [0.25, 0.3) is 11.5 Å². The highest BCUT2D eigenvalue weighted by atomic mass is 19.4. The van der Waals surface area contributed by atoms with Crippen LogP contribution in [-0.2, 0) is 17.3 Å². The highest BCUT2D eigenvalue weighted by Crippen LogP contribution is 2.33. The van der Waals surface area contributed by atoms with Gasteiger partial charge in [-0.25, -0.2) is 9.78 Å². The van der Waals surface area contributed by atoms with E-state index in [1.165, 1.54) is 6.07 Å². The van der Waals surface area contributed by atoms with Crippen molar-refractivity contribution < 1.29 is 40.3 Å². The van der Waals surface area contributed by atoms with Crippen molar-refractivity contribution in [2.75, 3.05) is 7.11 Å². The van der Waals surface area contributed by atoms with Gasteiger partial charge in [-0.15, -0.1) is 0 Å². The third-order valence-corrected chi connectivity index (χ3v) is 2.87. The van der Waals surface area contributed by atoms with E-state index in [2.05, 4.69) is 9.72 Å². The molecule has 0 radical (unpaired) electrons. The Morgan fingerprint density at radius 1 is 1.21 bits per heavy atom. The predicted molar refractivity (Wildman–Crippen MR) is 68.0 cm³/mol. The average Bonchev–Trinajstić information content (AvgIpc) is 2.87. The summed E-state index contributed by atoms with van der Waals surface area (Å²) in [4.78, 5) is 15.0. The number of hydrogen-bond acceptors (Lipinski definition) is 4. The van der Waals surface area contributed by atoms with Gasteiger partial charge in [-0.05, 0) is 18.2 Å². The molecular formula is C14H9F6NO3. The number of benzene rings is 1. The van der Waals surface area contributed by atoms with Crippen LogP contribution in [0.3, 0.4) is 0 Å². The molecule has 24 heavy (non-hydrogen) atoms. The molecule has 0 saturated heterocycles. The van der Waals surface area contributed by atoms with Crippen LogP contribution in [0.1, 0.15) is 21.8 Å². The van der Waals surface area contributed by atoms with Crippen LogP contribution in [0.5, 0.6) is 0 Å². The second-order valence-corrected chi connectivity index (χ2v) is 4.65. The molecule has 0 atom stereocenters. The number of ether oxygens (including phenoxy) is 1. The molecular weight excluding hydrogens is 344 g/mol. The molecule has 0 unspecified atom stereocenters. The number of alkyl halides is 6. The number of rotatable bonds is 3. The summed E-state index contributed by atoms with van der Waals surface area (Å²) in [5.41, 5.74) is -1.99. The number of aromatic nitrogens is 1. The molecule has 0 aliphatic rings. The highest BCUT2D eigenvalue weighted by molar-refractivity contribution is 5.88. The Hall–Kier alpha value is -2.52. The zero-order valence-corrected chi connectivity index (χ0v) is 12.0. The maximum Gasteiger partial charge on any atom is 0.416 e. The van der Waals surface area contributed by atoms with Crippen LogP contribution in [0.2, 0.25) is 0 Å². The van der Waals surface area contributed by atoms with Gasteiger partial charge in [0.05, 0.1) is 12.7 Å². The molecule has 0 bridgehead atoms. The lowest BCUT2D eigenvalue weighted by molar-refractivity contribution is -0.137. The Morgan fingerprint density at radius 3 is 2.42 bits per heavy atom. The van der Waals surface area contributed by atoms with Crippen LogP contribution < -0.4 is 0 Å². The molecule has 1 heterocycles. The number of halogens is 6. The van der Waals surface area contributed by atoms with Crippen LogP contribution in [0.15, 0.2) is 28.7 Å². The third-order valence-electron chi connectivity index (χ3n) is 2.87. The number of carbonyl (C=O) groups is 1. The smallest absolute Gasteiger partial charge is 0.416 e. The van der Waals surface area contributed by atoms with Gasteiger partial charge in [-0.2, -0.15) is 26.3 Å². The van der Waals surface area contributed by atoms with E-state index in [0.717, 1.165) is 19.2 Å². The van der Waals surface area contributed by atoms with Crippen molar-refractivity contribution in [3.05, 3.63) is 41.3 Å². The fraction of sp³-hybridized carbons (Fsp3) is 0.286. The molecule has 10 heteroatoms. The second kappa shape index (κ2) is 6.17. The lowest BCUT2D eigenvalue weighted by Crippen LogP contribution is -2.14. The van der Waals surface area contributed by atoms with Gasteiger partial charge in [0.15, 0.2) is 5.69 Å². The summed E-state index contributed by atoms with van der Waals surface area (Å²) in [6.45, 7) is 0. The van der Waals surface area contributed by atoms with Gasteiger partial charge in [0.1, 0.15) is 12.2 Å². The lowest BCUT2D eigenvalue weighted by Gasteiger charge is -2.07. The topological polar surface area (TPSA) is 52.3 Å². The summed E-state index contributed by atoms with van der Waals surface area (Å²) in [5, 5.41) is 0. The minimum atomic E-state index is -4.70. The number of nitrogens with zero attached hydrogens (tertiary/aromatic N) is 1. The monoisotopic (exact) mass is 353 g/mol. The number of esters is 1. The van der Waals surface area contributed by atoms with Crippen molar-refractivity contribution in [2.45, 2.75) is 18.8 Å². The van der Waals surface area contributed by atoms with Gasteiger partial charge in [0, 0.05) is 5.56 Å². The molecule has 0 aliphatic carbocycles. The fourth-order valence-electron chi connectivity index (χ4n) is 1.86. The normalized spacial score (nSPS) is 12.3. The van der Waals surface area contributed by atoms with Crippen molar-refractivity contribution >= 4 is 5.97 Å². The SMILES string of the molecule is COC(=O)c1nc(-c2cccc(C(F)(F)F)c2)oc1CC(F)(F)F. The van der Waals surface area contributed by atoms with Crippen LogP contribution >= 0.6 is 0 Å². The summed E-state index contributed by atoms with van der Waals surface area (Å²) in [6, 6.07) is 3.65. The first-order chi connectivity index (χ1) is 11.0. The first-order valence-corrected chi connectivity index (χ1v) is 6.33. The van der Waals surface area contributed by atoms with E-state index in [4.69, 9.17) is 4.42 Å². The van der Waals surface area contributed by atoms with E-state index < -0.39 is 47.7 Å². The van der Waals surface area contributed by atoms with Crippen LogP contribution in [0.4, 0.5) is 26.3 Å². The lowest BCUT2D eigenvalue weighted by atomic mass is 10.1. The third kappa shape index (κ3) is 4.06. The van der Waals surface area contributed by atoms with Crippen molar-refractivity contribution in [1.29, 1.82) is 0 Å². The Balaban J connectivity index is 2.50. The standard InChI is InChI=1S/C14H9F6NO3/c1-23-12(22)10-9(6-13(15,16)17)24-11(21-10)7-3-2-4-8(5-7)14(18,19)20/h2-5H,6H2,1H3. The van der Waals surface area contributed by atoms with Gasteiger partial charge in [-0.3, -0.25) is 0 Å². The van der Waals surface area contributed by atoms with Crippen LogP contribution in [-0.4, -0.2) is 24.2 Å². The van der Waals surface area contributed by atoms with E-state index in [1.807, 2.05) is 0 Å². The highest BCUT2D eigenvalue weighted by Gasteiger charge is 2.35. The molecule has 0 aliphatic heterocycles. The van der Waals surface area contributed by atoms with Gasteiger partial charge in [0.25, 0.3) is 0 Å². The van der Waals surface area contributed by atoms with E-state index in [9.17, 15) is 31.1 Å². The van der Waals surface area contributed by atoms with Crippen LogP contribution in [0, 0.1) is 0 Å². The van der Waals surface area contributed by atoms with Gasteiger partial charge < -0.3 is 9.15 Å². The summed E-state index contributed by atoms with van der Waals surface area (Å²) >= 11 is 0. The molecule has 2 aromatic rings. The largest absolute Gasteiger partial charge is 0.464 e. The van der Waals surface area contributed by atoms with Crippen molar-refractivity contribution in [2.24, 2.45) is 0 Å². The zero-order chi connectivity index (χ0) is 18.1. The van der Waals surface area contributed by atoms with Crippen molar-refractivity contribution in [3.63, 3.8) is 0 Å². The van der Waals surface area contributed by atoms with E-state index in [-0.39, 0.29) is 5.56 Å². The molecule has 0 amide bonds. The van der Waals surface area contributed by atoms with Gasteiger partial charge in [-0.1, -0.05) is 6.07 Å². The minimum Gasteiger partial charge on any atom is -0.464 e. The number of hydrogen-bond donors (Lipinski definition) is 0. The maximum absolute atomic E-state index is 12.7. The first-order valence-electron chi connectivity index (χ1n) is 6.33. The Morgan fingerprint density at radius 2 is 1.88 bits per heavy atom. The minimum absolute atomic E-state index is 0.219. The molecule has 4 nitrogen and oxygen atoms in total. The van der Waals surface area contributed by atoms with E-state index >= 15 is 0 Å². The summed E-state index contributed by atoms with van der Waals surface area (Å²) in [7, 11) is 0.929. The number of methoxy groups -OCH3 is 1. The Labute approximate surface area is 131 Å². The van der Waals surface area contributed by atoms with Gasteiger partial charge >= 0.3 is 18.3 Å². The number of oxazole rings is 1. The summed E-state index contributed by atoms with van der Waals surface area (Å²) < 4.78 is 84.9. The quantitative estimate of drug-likeness (QED) is 0.611. The molecule has 0 fully saturated rings. The second-order valence-electron chi connectivity index (χ2n) is 4.65. The fourth-order valence-corrected chi connectivity index (χ4v) is 1.86. The molecule has 0 saturated carbocycles. The number of carbonyl (C=O) groups excluding carboxylic acids is 1. The summed E-state index contributed by atoms with van der Waals surface area (Å²) in [6.07, 6.45) is -11.0. The zero-order valence-electron chi connectivity index (χ0n) is 12.0. The van der Waals surface area contributed by atoms with Gasteiger partial charge in [0.2, 0.25) is 5.89 Å². The molecule has 0 N–H and O–H groups in total. The van der Waals surface area contributed by atoms with Crippen molar-refractivity contribution in [3.8, 4) is 11.5 Å². The Bertz CT molecular complexity index is 748. The molecule has 0 spiro atoms. The van der Waals surface area contributed by atoms with Crippen molar-refractivity contribution in [1.82, 2.24) is 4.98 Å². The van der Waals surface area contributed by atoms with E-state index in [0.29, 0.717) is 6.07 Å². The maximum atomic E-state index is 12.7. The Kier molecular flexibility index (Phi) is 4.59. The summed E-state index contributed by atoms with van der Waals surface area (Å²) in [5.74, 6) is -2.56. The predicted octanol–water partition coefficient (Wildman–Crippen LogP) is 4.25. The average molecular weight is 353 g/mol.